The summed E-state index contributed by atoms with van der Waals surface area (Å²) in [5, 5.41) is 0. The van der Waals surface area contributed by atoms with Gasteiger partial charge in [-0.2, -0.15) is 0 Å². The van der Waals surface area contributed by atoms with E-state index in [9.17, 15) is 0 Å². The molecule has 0 N–H and O–H groups in total. The first-order valence-corrected chi connectivity index (χ1v) is 3.47. The fourth-order valence-corrected chi connectivity index (χ4v) is 0.818. The second-order valence-electron chi connectivity index (χ2n) is 2.15. The highest BCUT2D eigenvalue weighted by Crippen LogP contribution is 2.01. The van der Waals surface area contributed by atoms with Crippen LogP contribution in [0.1, 0.15) is 19.3 Å². The topological polar surface area (TPSA) is 18.5 Å². The first-order valence-electron chi connectivity index (χ1n) is 3.47. The highest BCUT2D eigenvalue weighted by atomic mass is 16.7. The molecular formula is C7H13O2. The monoisotopic (exact) mass is 129 g/mol. The van der Waals surface area contributed by atoms with Crippen LogP contribution < -0.4 is 0 Å². The Morgan fingerprint density at radius 3 is 2.89 bits per heavy atom. The van der Waals surface area contributed by atoms with Gasteiger partial charge in [0.25, 0.3) is 0 Å². The zero-order valence-electron chi connectivity index (χ0n) is 5.64. The average molecular weight is 129 g/mol. The molecule has 0 aliphatic carbocycles. The minimum Gasteiger partial charge on any atom is -0.355 e. The quantitative estimate of drug-likeness (QED) is 0.491. The van der Waals surface area contributed by atoms with Gasteiger partial charge in [0.15, 0.2) is 0 Å². The van der Waals surface area contributed by atoms with Crippen LogP contribution in [-0.4, -0.2) is 20.0 Å². The Bertz CT molecular complexity index is 35.4. The molecule has 1 heterocycles. The third kappa shape index (κ3) is 3.49. The van der Waals surface area contributed by atoms with Gasteiger partial charge in [0, 0.05) is 13.2 Å². The molecule has 1 fully saturated rings. The van der Waals surface area contributed by atoms with Crippen LogP contribution in [0.3, 0.4) is 0 Å². The molecule has 0 aromatic heterocycles. The maximum Gasteiger partial charge on any atom is 0.146 e. The summed E-state index contributed by atoms with van der Waals surface area (Å²) < 4.78 is 10.2. The van der Waals surface area contributed by atoms with E-state index in [4.69, 9.17) is 9.47 Å². The summed E-state index contributed by atoms with van der Waals surface area (Å²) in [6.07, 6.45) is 5.64. The molecule has 1 aliphatic heterocycles. The molecule has 2 heteroatoms. The van der Waals surface area contributed by atoms with Crippen molar-refractivity contribution in [3.8, 4) is 0 Å². The molecule has 1 radical (unpaired) electrons. The molecule has 0 amide bonds. The number of rotatable bonds is 0. The normalized spacial score (nSPS) is 24.0. The molecule has 1 rings (SSSR count). The molecule has 0 aromatic rings. The maximum absolute atomic E-state index is 5.11. The van der Waals surface area contributed by atoms with E-state index in [0.717, 1.165) is 26.1 Å². The fourth-order valence-electron chi connectivity index (χ4n) is 0.818. The van der Waals surface area contributed by atoms with Gasteiger partial charge in [0.1, 0.15) is 6.79 Å². The van der Waals surface area contributed by atoms with Gasteiger partial charge >= 0.3 is 0 Å². The van der Waals surface area contributed by atoms with Crippen LogP contribution in [0.4, 0.5) is 0 Å². The maximum atomic E-state index is 5.11. The zero-order chi connectivity index (χ0) is 6.36. The highest BCUT2D eigenvalue weighted by Gasteiger charge is 1.95. The minimum absolute atomic E-state index is 0.480. The lowest BCUT2D eigenvalue weighted by molar-refractivity contribution is -0.0499. The van der Waals surface area contributed by atoms with Crippen molar-refractivity contribution in [3.63, 3.8) is 0 Å². The number of hydrogen-bond acceptors (Lipinski definition) is 2. The van der Waals surface area contributed by atoms with E-state index >= 15 is 0 Å². The van der Waals surface area contributed by atoms with Gasteiger partial charge in [-0.25, -0.2) is 0 Å². The molecular weight excluding hydrogens is 116 g/mol. The van der Waals surface area contributed by atoms with E-state index in [-0.39, 0.29) is 0 Å². The Morgan fingerprint density at radius 1 is 1.00 bits per heavy atom. The standard InChI is InChI=1S/C7H13O2/c1-2-4-6-9-7-8-5-3-1/h1H,2-7H2. The van der Waals surface area contributed by atoms with Crippen LogP contribution in [0, 0.1) is 6.42 Å². The van der Waals surface area contributed by atoms with Gasteiger partial charge in [-0.15, -0.1) is 0 Å². The molecule has 0 unspecified atom stereocenters. The SMILES string of the molecule is [CH]1CCCOCOCC1. The Labute approximate surface area is 56.2 Å². The van der Waals surface area contributed by atoms with Crippen molar-refractivity contribution < 1.29 is 9.47 Å². The smallest absolute Gasteiger partial charge is 0.146 e. The van der Waals surface area contributed by atoms with Gasteiger partial charge in [-0.3, -0.25) is 0 Å². The Balaban J connectivity index is 2.02. The second kappa shape index (κ2) is 4.77. The lowest BCUT2D eigenvalue weighted by Crippen LogP contribution is -1.99. The van der Waals surface area contributed by atoms with Crippen LogP contribution in [0.5, 0.6) is 0 Å². The van der Waals surface area contributed by atoms with E-state index in [1.165, 1.54) is 6.42 Å². The predicted molar refractivity (Wildman–Crippen MR) is 34.9 cm³/mol. The van der Waals surface area contributed by atoms with Crippen LogP contribution in [-0.2, 0) is 9.47 Å². The van der Waals surface area contributed by atoms with Crippen molar-refractivity contribution in [1.29, 1.82) is 0 Å². The van der Waals surface area contributed by atoms with Crippen molar-refractivity contribution in [3.05, 3.63) is 6.42 Å². The first kappa shape index (κ1) is 7.03. The molecule has 53 valence electrons. The largest absolute Gasteiger partial charge is 0.355 e. The van der Waals surface area contributed by atoms with Crippen molar-refractivity contribution in [2.24, 2.45) is 0 Å². The molecule has 1 aliphatic rings. The van der Waals surface area contributed by atoms with Crippen molar-refractivity contribution in [2.45, 2.75) is 19.3 Å². The number of hydrogen-bond donors (Lipinski definition) is 0. The summed E-state index contributed by atoms with van der Waals surface area (Å²) in [5.41, 5.74) is 0. The summed E-state index contributed by atoms with van der Waals surface area (Å²) in [5.74, 6) is 0. The summed E-state index contributed by atoms with van der Waals surface area (Å²) in [4.78, 5) is 0. The Kier molecular flexibility index (Phi) is 3.72. The molecule has 0 spiro atoms. The fraction of sp³-hybridized carbons (Fsp3) is 0.857. The van der Waals surface area contributed by atoms with Gasteiger partial charge < -0.3 is 9.47 Å². The van der Waals surface area contributed by atoms with Gasteiger partial charge in [-0.05, 0) is 25.7 Å². The van der Waals surface area contributed by atoms with E-state index in [1.807, 2.05) is 0 Å². The first-order chi connectivity index (χ1) is 4.50. The van der Waals surface area contributed by atoms with Crippen molar-refractivity contribution in [2.75, 3.05) is 20.0 Å². The van der Waals surface area contributed by atoms with Crippen LogP contribution in [0.25, 0.3) is 0 Å². The van der Waals surface area contributed by atoms with Crippen molar-refractivity contribution in [1.82, 2.24) is 0 Å². The van der Waals surface area contributed by atoms with Gasteiger partial charge in [0.2, 0.25) is 0 Å². The highest BCUT2D eigenvalue weighted by molar-refractivity contribution is 4.63. The Morgan fingerprint density at radius 2 is 1.89 bits per heavy atom. The third-order valence-electron chi connectivity index (χ3n) is 1.33. The summed E-state index contributed by atoms with van der Waals surface area (Å²) in [7, 11) is 0. The molecule has 0 bridgehead atoms. The average Bonchev–Trinajstić information content (AvgIpc) is 2.00. The Hall–Kier alpha value is -0.0800. The minimum atomic E-state index is 0.480. The van der Waals surface area contributed by atoms with E-state index < -0.39 is 0 Å². The molecule has 0 aromatic carbocycles. The van der Waals surface area contributed by atoms with E-state index in [0.29, 0.717) is 6.79 Å². The molecule has 9 heavy (non-hydrogen) atoms. The summed E-state index contributed by atoms with van der Waals surface area (Å²) in [6.45, 7) is 2.14. The van der Waals surface area contributed by atoms with E-state index in [1.54, 1.807) is 0 Å². The predicted octanol–water partition coefficient (Wildman–Crippen LogP) is 1.37. The second-order valence-corrected chi connectivity index (χ2v) is 2.15. The third-order valence-corrected chi connectivity index (χ3v) is 1.33. The molecule has 0 atom stereocenters. The van der Waals surface area contributed by atoms with Gasteiger partial charge in [0.05, 0.1) is 0 Å². The summed E-state index contributed by atoms with van der Waals surface area (Å²) >= 11 is 0. The van der Waals surface area contributed by atoms with Crippen LogP contribution in [0.2, 0.25) is 0 Å². The summed E-state index contributed by atoms with van der Waals surface area (Å²) in [6, 6.07) is 0. The zero-order valence-corrected chi connectivity index (χ0v) is 5.64. The van der Waals surface area contributed by atoms with Crippen LogP contribution >= 0.6 is 0 Å². The van der Waals surface area contributed by atoms with Crippen molar-refractivity contribution >= 4 is 0 Å². The van der Waals surface area contributed by atoms with Crippen LogP contribution in [0.15, 0.2) is 0 Å². The van der Waals surface area contributed by atoms with Gasteiger partial charge in [-0.1, -0.05) is 0 Å². The lowest BCUT2D eigenvalue weighted by atomic mass is 10.2. The molecule has 2 nitrogen and oxygen atoms in total. The molecule has 0 saturated carbocycles. The number of ether oxygens (including phenoxy) is 2. The lowest BCUT2D eigenvalue weighted by Gasteiger charge is -1.99. The molecule has 1 saturated heterocycles. The van der Waals surface area contributed by atoms with E-state index in [2.05, 4.69) is 6.42 Å².